The quantitative estimate of drug-likeness (QED) is 0.841. The smallest absolute Gasteiger partial charge is 0.0554 e. The van der Waals surface area contributed by atoms with E-state index >= 15 is 0 Å². The highest BCUT2D eigenvalue weighted by Gasteiger charge is 2.37. The highest BCUT2D eigenvalue weighted by atomic mass is 16.5. The minimum atomic E-state index is 0.363. The summed E-state index contributed by atoms with van der Waals surface area (Å²) in [4.78, 5) is 0. The highest BCUT2D eigenvalue weighted by molar-refractivity contribution is 5.21. The van der Waals surface area contributed by atoms with Crippen molar-refractivity contribution in [2.75, 3.05) is 19.8 Å². The van der Waals surface area contributed by atoms with Crippen molar-refractivity contribution >= 4 is 0 Å². The van der Waals surface area contributed by atoms with Crippen LogP contribution in [0, 0.1) is 11.3 Å². The van der Waals surface area contributed by atoms with E-state index in [1.54, 1.807) is 0 Å². The summed E-state index contributed by atoms with van der Waals surface area (Å²) in [5.74, 6) is 0.849. The van der Waals surface area contributed by atoms with Crippen LogP contribution in [0.3, 0.4) is 0 Å². The third-order valence-corrected chi connectivity index (χ3v) is 3.90. The van der Waals surface area contributed by atoms with E-state index in [0.29, 0.717) is 11.5 Å². The lowest BCUT2D eigenvalue weighted by molar-refractivity contribution is -0.100. The van der Waals surface area contributed by atoms with Gasteiger partial charge in [-0.15, -0.1) is 0 Å². The molecule has 1 aliphatic heterocycles. The molecule has 1 aromatic carbocycles. The lowest BCUT2D eigenvalue weighted by Gasteiger charge is -2.39. The molecule has 0 radical (unpaired) electrons. The molecule has 0 spiro atoms. The molecule has 1 aromatic rings. The molecule has 1 unspecified atom stereocenters. The maximum Gasteiger partial charge on any atom is 0.0554 e. The average molecular weight is 231 g/mol. The molecule has 1 atom stereocenters. The number of rotatable bonds is 5. The van der Waals surface area contributed by atoms with Gasteiger partial charge in [-0.2, -0.15) is 0 Å². The molecule has 2 fully saturated rings. The van der Waals surface area contributed by atoms with Crippen molar-refractivity contribution in [1.82, 2.24) is 5.32 Å². The predicted octanol–water partition coefficient (Wildman–Crippen LogP) is 2.76. The molecular formula is C15H21NO. The van der Waals surface area contributed by atoms with Crippen LogP contribution in [0.5, 0.6) is 0 Å². The Morgan fingerprint density at radius 1 is 1.29 bits per heavy atom. The van der Waals surface area contributed by atoms with E-state index in [-0.39, 0.29) is 0 Å². The molecule has 1 heterocycles. The maximum atomic E-state index is 5.31. The highest BCUT2D eigenvalue weighted by Crippen LogP contribution is 2.41. The van der Waals surface area contributed by atoms with Crippen LogP contribution in [0.25, 0.3) is 0 Å². The summed E-state index contributed by atoms with van der Waals surface area (Å²) in [6.07, 6.45) is 2.75. The molecule has 0 aromatic heterocycles. The third kappa shape index (κ3) is 2.53. The first kappa shape index (κ1) is 11.2. The average Bonchev–Trinajstić information content (AvgIpc) is 3.13. The first-order chi connectivity index (χ1) is 8.27. The maximum absolute atomic E-state index is 5.31. The molecule has 1 saturated carbocycles. The topological polar surface area (TPSA) is 21.3 Å². The normalized spacial score (nSPS) is 24.1. The number of hydrogen-bond donors (Lipinski definition) is 1. The van der Waals surface area contributed by atoms with Gasteiger partial charge in [-0.3, -0.25) is 0 Å². The van der Waals surface area contributed by atoms with Gasteiger partial charge in [0, 0.05) is 18.0 Å². The van der Waals surface area contributed by atoms with Crippen LogP contribution in [0.1, 0.15) is 31.4 Å². The van der Waals surface area contributed by atoms with Crippen LogP contribution < -0.4 is 5.32 Å². The van der Waals surface area contributed by atoms with Gasteiger partial charge in [0.25, 0.3) is 0 Å². The molecule has 1 N–H and O–H groups in total. The van der Waals surface area contributed by atoms with Gasteiger partial charge in [-0.05, 0) is 24.3 Å². The lowest BCUT2D eigenvalue weighted by Crippen LogP contribution is -2.48. The molecule has 0 amide bonds. The number of benzene rings is 1. The largest absolute Gasteiger partial charge is 0.380 e. The molecule has 2 heteroatoms. The van der Waals surface area contributed by atoms with E-state index < -0.39 is 0 Å². The molecule has 0 bridgehead atoms. The summed E-state index contributed by atoms with van der Waals surface area (Å²) in [6, 6.07) is 11.4. The summed E-state index contributed by atoms with van der Waals surface area (Å²) < 4.78 is 5.31. The third-order valence-electron chi connectivity index (χ3n) is 3.90. The lowest BCUT2D eigenvalue weighted by atomic mass is 9.88. The van der Waals surface area contributed by atoms with Crippen LogP contribution in [-0.4, -0.2) is 19.8 Å². The van der Waals surface area contributed by atoms with Gasteiger partial charge in [0.15, 0.2) is 0 Å². The van der Waals surface area contributed by atoms with Gasteiger partial charge < -0.3 is 10.1 Å². The zero-order chi connectivity index (χ0) is 11.7. The Morgan fingerprint density at radius 3 is 2.53 bits per heavy atom. The molecule has 1 saturated heterocycles. The van der Waals surface area contributed by atoms with Gasteiger partial charge in [-0.1, -0.05) is 37.3 Å². The van der Waals surface area contributed by atoms with E-state index in [4.69, 9.17) is 4.74 Å². The van der Waals surface area contributed by atoms with E-state index in [1.807, 2.05) is 0 Å². The van der Waals surface area contributed by atoms with Crippen LogP contribution in [0.2, 0.25) is 0 Å². The summed E-state index contributed by atoms with van der Waals surface area (Å²) in [7, 11) is 0. The first-order valence-corrected chi connectivity index (χ1v) is 6.63. The fraction of sp³-hybridized carbons (Fsp3) is 0.600. The number of ether oxygens (including phenoxy) is 1. The SMILES string of the molecule is CC1(CNC(c2ccccc2)C2CC2)COC1. The van der Waals surface area contributed by atoms with Gasteiger partial charge in [-0.25, -0.2) is 0 Å². The van der Waals surface area contributed by atoms with Crippen molar-refractivity contribution in [3.8, 4) is 0 Å². The molecule has 17 heavy (non-hydrogen) atoms. The molecule has 3 rings (SSSR count). The second kappa shape index (κ2) is 4.43. The zero-order valence-corrected chi connectivity index (χ0v) is 10.5. The fourth-order valence-electron chi connectivity index (χ4n) is 2.56. The van der Waals surface area contributed by atoms with Crippen LogP contribution in [-0.2, 0) is 4.74 Å². The van der Waals surface area contributed by atoms with Crippen molar-refractivity contribution in [3.05, 3.63) is 35.9 Å². The van der Waals surface area contributed by atoms with Crippen molar-refractivity contribution in [3.63, 3.8) is 0 Å². The standard InChI is InChI=1S/C15H21NO/c1-15(10-17-11-15)9-16-14(13-7-8-13)12-5-3-2-4-6-12/h2-6,13-14,16H,7-11H2,1H3. The summed E-state index contributed by atoms with van der Waals surface area (Å²) in [6.45, 7) is 5.19. The molecule has 2 aliphatic rings. The van der Waals surface area contributed by atoms with Gasteiger partial charge in [0.1, 0.15) is 0 Å². The Labute approximate surface area is 103 Å². The van der Waals surface area contributed by atoms with Crippen LogP contribution in [0.4, 0.5) is 0 Å². The second-order valence-corrected chi connectivity index (χ2v) is 5.91. The summed E-state index contributed by atoms with van der Waals surface area (Å²) in [5.41, 5.74) is 1.81. The minimum Gasteiger partial charge on any atom is -0.380 e. The Bertz CT molecular complexity index is 368. The predicted molar refractivity (Wildman–Crippen MR) is 68.8 cm³/mol. The Hall–Kier alpha value is -0.860. The summed E-state index contributed by atoms with van der Waals surface area (Å²) >= 11 is 0. The molecular weight excluding hydrogens is 210 g/mol. The molecule has 92 valence electrons. The monoisotopic (exact) mass is 231 g/mol. The van der Waals surface area contributed by atoms with Gasteiger partial charge in [0.2, 0.25) is 0 Å². The Kier molecular flexibility index (Phi) is 2.93. The van der Waals surface area contributed by atoms with Crippen molar-refractivity contribution < 1.29 is 4.74 Å². The zero-order valence-electron chi connectivity index (χ0n) is 10.5. The van der Waals surface area contributed by atoms with Crippen molar-refractivity contribution in [2.45, 2.75) is 25.8 Å². The van der Waals surface area contributed by atoms with Crippen molar-refractivity contribution in [2.24, 2.45) is 11.3 Å². The van der Waals surface area contributed by atoms with E-state index in [0.717, 1.165) is 25.7 Å². The van der Waals surface area contributed by atoms with Gasteiger partial charge in [0.05, 0.1) is 13.2 Å². The Balaban J connectivity index is 1.64. The van der Waals surface area contributed by atoms with E-state index in [2.05, 4.69) is 42.6 Å². The minimum absolute atomic E-state index is 0.363. The molecule has 2 nitrogen and oxygen atoms in total. The van der Waals surface area contributed by atoms with Crippen LogP contribution in [0.15, 0.2) is 30.3 Å². The first-order valence-electron chi connectivity index (χ1n) is 6.63. The Morgan fingerprint density at radius 2 is 2.00 bits per heavy atom. The fourth-order valence-corrected chi connectivity index (χ4v) is 2.56. The second-order valence-electron chi connectivity index (χ2n) is 5.91. The number of hydrogen-bond acceptors (Lipinski definition) is 2. The van der Waals surface area contributed by atoms with E-state index in [9.17, 15) is 0 Å². The van der Waals surface area contributed by atoms with Crippen LogP contribution >= 0.6 is 0 Å². The van der Waals surface area contributed by atoms with Crippen molar-refractivity contribution in [1.29, 1.82) is 0 Å². The number of nitrogens with one attached hydrogen (secondary N) is 1. The summed E-state index contributed by atoms with van der Waals surface area (Å²) in [5, 5.41) is 3.76. The molecule has 1 aliphatic carbocycles. The van der Waals surface area contributed by atoms with Gasteiger partial charge >= 0.3 is 0 Å². The van der Waals surface area contributed by atoms with E-state index in [1.165, 1.54) is 18.4 Å².